The molecule has 0 aliphatic heterocycles. The zero-order chi connectivity index (χ0) is 10.7. The van der Waals surface area contributed by atoms with Crippen LogP contribution in [0, 0.1) is 5.82 Å². The number of ether oxygens (including phenoxy) is 1. The smallest absolute Gasteiger partial charge is 0.327 e. The van der Waals surface area contributed by atoms with Crippen LogP contribution in [0.1, 0.15) is 11.6 Å². The largest absolute Gasteiger partial charge is 0.468 e. The van der Waals surface area contributed by atoms with E-state index in [2.05, 4.69) is 4.74 Å². The third-order valence-electron chi connectivity index (χ3n) is 1.76. The molecule has 0 bridgehead atoms. The summed E-state index contributed by atoms with van der Waals surface area (Å²) in [4.78, 5) is 11.0. The van der Waals surface area contributed by atoms with Gasteiger partial charge in [-0.25, -0.2) is 4.39 Å². The Balaban J connectivity index is 2.96. The molecule has 1 aromatic carbocycles. The number of methoxy groups -OCH3 is 1. The molecule has 0 amide bonds. The summed E-state index contributed by atoms with van der Waals surface area (Å²) in [6.07, 6.45) is 0. The summed E-state index contributed by atoms with van der Waals surface area (Å²) in [7, 11) is 1.23. The zero-order valence-corrected chi connectivity index (χ0v) is 8.22. The first kappa shape index (κ1) is 10.9. The van der Waals surface area contributed by atoms with Crippen LogP contribution >= 0.6 is 11.6 Å². The van der Waals surface area contributed by atoms with Crippen LogP contribution in [0.2, 0.25) is 5.02 Å². The van der Waals surface area contributed by atoms with Gasteiger partial charge in [-0.15, -0.1) is 0 Å². The van der Waals surface area contributed by atoms with Crippen molar-refractivity contribution in [1.29, 1.82) is 0 Å². The molecule has 0 heterocycles. The number of esters is 1. The Morgan fingerprint density at radius 2 is 2.29 bits per heavy atom. The number of hydrogen-bond donors (Lipinski definition) is 1. The zero-order valence-electron chi connectivity index (χ0n) is 7.46. The van der Waals surface area contributed by atoms with E-state index in [1.54, 1.807) is 0 Å². The molecular formula is C9H9ClFNO2. The van der Waals surface area contributed by atoms with E-state index in [4.69, 9.17) is 17.3 Å². The molecule has 2 N–H and O–H groups in total. The number of hydrogen-bond acceptors (Lipinski definition) is 3. The molecule has 0 saturated carbocycles. The van der Waals surface area contributed by atoms with E-state index >= 15 is 0 Å². The van der Waals surface area contributed by atoms with Gasteiger partial charge >= 0.3 is 5.97 Å². The summed E-state index contributed by atoms with van der Waals surface area (Å²) in [5.41, 5.74) is 5.93. The minimum Gasteiger partial charge on any atom is -0.468 e. The summed E-state index contributed by atoms with van der Waals surface area (Å²) >= 11 is 5.52. The first-order chi connectivity index (χ1) is 6.56. The highest BCUT2D eigenvalue weighted by Crippen LogP contribution is 2.20. The molecule has 0 unspecified atom stereocenters. The summed E-state index contributed by atoms with van der Waals surface area (Å²) in [5, 5.41) is -0.0677. The average Bonchev–Trinajstić information content (AvgIpc) is 2.20. The molecule has 0 aromatic heterocycles. The van der Waals surface area contributed by atoms with Crippen molar-refractivity contribution in [3.8, 4) is 0 Å². The molecule has 0 spiro atoms. The highest BCUT2D eigenvalue weighted by Gasteiger charge is 2.16. The van der Waals surface area contributed by atoms with Crippen molar-refractivity contribution in [1.82, 2.24) is 0 Å². The fourth-order valence-electron chi connectivity index (χ4n) is 0.969. The summed E-state index contributed by atoms with van der Waals surface area (Å²) in [5.74, 6) is -1.14. The van der Waals surface area contributed by atoms with Crippen LogP contribution in [0.3, 0.4) is 0 Å². The lowest BCUT2D eigenvalue weighted by Crippen LogP contribution is -2.22. The Labute approximate surface area is 85.6 Å². The predicted molar refractivity (Wildman–Crippen MR) is 50.4 cm³/mol. The molecule has 1 aromatic rings. The number of benzene rings is 1. The number of carbonyl (C=O) groups excluding carboxylic acids is 1. The summed E-state index contributed by atoms with van der Waals surface area (Å²) in [6, 6.07) is 2.92. The quantitative estimate of drug-likeness (QED) is 0.767. The van der Waals surface area contributed by atoms with E-state index < -0.39 is 17.8 Å². The normalized spacial score (nSPS) is 12.3. The highest BCUT2D eigenvalue weighted by atomic mass is 35.5. The van der Waals surface area contributed by atoms with E-state index in [0.29, 0.717) is 5.56 Å². The Bertz CT molecular complexity index is 357. The average molecular weight is 218 g/mol. The second-order valence-corrected chi connectivity index (χ2v) is 3.08. The molecule has 76 valence electrons. The van der Waals surface area contributed by atoms with E-state index in [1.165, 1.54) is 19.2 Å². The van der Waals surface area contributed by atoms with Gasteiger partial charge in [0.15, 0.2) is 0 Å². The van der Waals surface area contributed by atoms with Crippen molar-refractivity contribution < 1.29 is 13.9 Å². The lowest BCUT2D eigenvalue weighted by Gasteiger charge is -2.09. The minimum atomic E-state index is -0.932. The van der Waals surface area contributed by atoms with Crippen LogP contribution in [0.5, 0.6) is 0 Å². The van der Waals surface area contributed by atoms with E-state index in [9.17, 15) is 9.18 Å². The van der Waals surface area contributed by atoms with Crippen LogP contribution in [-0.4, -0.2) is 13.1 Å². The van der Waals surface area contributed by atoms with Crippen LogP contribution < -0.4 is 5.73 Å². The van der Waals surface area contributed by atoms with E-state index in [1.807, 2.05) is 0 Å². The van der Waals surface area contributed by atoms with Gasteiger partial charge in [0, 0.05) is 0 Å². The summed E-state index contributed by atoms with van der Waals surface area (Å²) < 4.78 is 17.2. The maximum atomic E-state index is 12.8. The minimum absolute atomic E-state index is 0.0677. The van der Waals surface area contributed by atoms with Crippen molar-refractivity contribution in [3.05, 3.63) is 34.6 Å². The lowest BCUT2D eigenvalue weighted by atomic mass is 10.1. The first-order valence-electron chi connectivity index (χ1n) is 3.84. The Morgan fingerprint density at radius 1 is 1.64 bits per heavy atom. The fraction of sp³-hybridized carbons (Fsp3) is 0.222. The van der Waals surface area contributed by atoms with Crippen molar-refractivity contribution in [2.45, 2.75) is 6.04 Å². The van der Waals surface area contributed by atoms with Gasteiger partial charge in [-0.3, -0.25) is 4.79 Å². The molecule has 1 atom stereocenters. The molecule has 1 rings (SSSR count). The molecule has 5 heteroatoms. The van der Waals surface area contributed by atoms with Crippen LogP contribution in [0.15, 0.2) is 18.2 Å². The topological polar surface area (TPSA) is 52.3 Å². The Hall–Kier alpha value is -1.13. The second kappa shape index (κ2) is 4.39. The van der Waals surface area contributed by atoms with Crippen molar-refractivity contribution >= 4 is 17.6 Å². The molecule has 0 aliphatic rings. The number of rotatable bonds is 2. The van der Waals surface area contributed by atoms with Gasteiger partial charge in [0.2, 0.25) is 0 Å². The van der Waals surface area contributed by atoms with Crippen molar-refractivity contribution in [2.75, 3.05) is 7.11 Å². The highest BCUT2D eigenvalue weighted by molar-refractivity contribution is 6.30. The van der Waals surface area contributed by atoms with Crippen molar-refractivity contribution in [3.63, 3.8) is 0 Å². The van der Waals surface area contributed by atoms with Gasteiger partial charge in [-0.05, 0) is 17.7 Å². The molecule has 0 radical (unpaired) electrons. The lowest BCUT2D eigenvalue weighted by molar-refractivity contribution is -0.142. The third-order valence-corrected chi connectivity index (χ3v) is 2.05. The predicted octanol–water partition coefficient (Wildman–Crippen LogP) is 1.65. The van der Waals surface area contributed by atoms with Crippen LogP contribution in [-0.2, 0) is 9.53 Å². The first-order valence-corrected chi connectivity index (χ1v) is 4.22. The molecule has 0 aliphatic carbocycles. The number of carbonyl (C=O) groups is 1. The maximum Gasteiger partial charge on any atom is 0.327 e. The molecule has 14 heavy (non-hydrogen) atoms. The van der Waals surface area contributed by atoms with E-state index in [0.717, 1.165) is 6.07 Å². The second-order valence-electron chi connectivity index (χ2n) is 2.67. The van der Waals surface area contributed by atoms with Crippen molar-refractivity contribution in [2.24, 2.45) is 5.73 Å². The third kappa shape index (κ3) is 2.21. The van der Waals surface area contributed by atoms with Crippen LogP contribution in [0.4, 0.5) is 4.39 Å². The van der Waals surface area contributed by atoms with Gasteiger partial charge < -0.3 is 10.5 Å². The molecular weight excluding hydrogens is 209 g/mol. The van der Waals surface area contributed by atoms with Crippen LogP contribution in [0.25, 0.3) is 0 Å². The van der Waals surface area contributed by atoms with Gasteiger partial charge in [0.25, 0.3) is 0 Å². The maximum absolute atomic E-state index is 12.8. The van der Waals surface area contributed by atoms with Gasteiger partial charge in [-0.2, -0.15) is 0 Å². The number of halogens is 2. The molecule has 3 nitrogen and oxygen atoms in total. The van der Waals surface area contributed by atoms with Gasteiger partial charge in [-0.1, -0.05) is 17.7 Å². The monoisotopic (exact) mass is 217 g/mol. The molecule has 0 saturated heterocycles. The Kier molecular flexibility index (Phi) is 3.43. The van der Waals surface area contributed by atoms with Gasteiger partial charge in [0.05, 0.1) is 12.1 Å². The molecule has 0 fully saturated rings. The van der Waals surface area contributed by atoms with E-state index in [-0.39, 0.29) is 5.02 Å². The SMILES string of the molecule is COC(=O)[C@@H](N)c1ccc(F)c(Cl)c1. The standard InChI is InChI=1S/C9H9ClFNO2/c1-14-9(13)8(12)5-2-3-7(11)6(10)4-5/h2-4,8H,12H2,1H3/t8-/m0/s1. The fourth-order valence-corrected chi connectivity index (χ4v) is 1.16. The Morgan fingerprint density at radius 3 is 2.79 bits per heavy atom. The number of nitrogens with two attached hydrogens (primary N) is 1. The van der Waals surface area contributed by atoms with Gasteiger partial charge in [0.1, 0.15) is 11.9 Å². The summed E-state index contributed by atoms with van der Waals surface area (Å²) in [6.45, 7) is 0.